The van der Waals surface area contributed by atoms with Crippen molar-refractivity contribution in [2.75, 3.05) is 6.54 Å². The fraction of sp³-hybridized carbons (Fsp3) is 0.474. The van der Waals surface area contributed by atoms with E-state index in [0.29, 0.717) is 6.54 Å². The molecule has 134 valence electrons. The van der Waals surface area contributed by atoms with Crippen LogP contribution in [0.5, 0.6) is 0 Å². The van der Waals surface area contributed by atoms with E-state index in [1.807, 2.05) is 31.2 Å². The van der Waals surface area contributed by atoms with Gasteiger partial charge in [-0.05, 0) is 24.5 Å². The average Bonchev–Trinajstić information content (AvgIpc) is 2.60. The summed E-state index contributed by atoms with van der Waals surface area (Å²) in [5, 5.41) is 16.8. The van der Waals surface area contributed by atoms with E-state index in [2.05, 4.69) is 15.6 Å². The number of carbonyl (C=O) groups excluding carboxylic acids is 1. The third-order valence-electron chi connectivity index (χ3n) is 5.21. The largest absolute Gasteiger partial charge is 0.392 e. The highest BCUT2D eigenvalue weighted by Crippen LogP contribution is 2.35. The second-order valence-corrected chi connectivity index (χ2v) is 7.16. The zero-order valence-electron chi connectivity index (χ0n) is 14.5. The summed E-state index contributed by atoms with van der Waals surface area (Å²) in [6.45, 7) is 2.73. The lowest BCUT2D eigenvalue weighted by molar-refractivity contribution is 0.00309. The first-order valence-electron chi connectivity index (χ1n) is 8.79. The summed E-state index contributed by atoms with van der Waals surface area (Å²) in [7, 11) is 0. The molecule has 2 atom stereocenters. The number of rotatable bonds is 4. The Bertz CT molecular complexity index is 817. The van der Waals surface area contributed by atoms with E-state index in [1.54, 1.807) is 0 Å². The Morgan fingerprint density at radius 2 is 2.12 bits per heavy atom. The van der Waals surface area contributed by atoms with Crippen LogP contribution in [0.15, 0.2) is 35.1 Å². The van der Waals surface area contributed by atoms with Gasteiger partial charge in [-0.15, -0.1) is 0 Å². The molecule has 0 aliphatic heterocycles. The first-order chi connectivity index (χ1) is 12.0. The molecule has 2 aromatic rings. The molecule has 0 radical (unpaired) electrons. The number of H-pyrrole nitrogens is 1. The number of para-hydroxylation sites is 1. The highest BCUT2D eigenvalue weighted by atomic mass is 16.3. The van der Waals surface area contributed by atoms with Crippen molar-refractivity contribution in [1.82, 2.24) is 15.6 Å². The summed E-state index contributed by atoms with van der Waals surface area (Å²) in [6, 6.07) is 8.73. The number of hydrogen-bond acceptors (Lipinski definition) is 3. The van der Waals surface area contributed by atoms with Crippen molar-refractivity contribution in [2.45, 2.75) is 45.3 Å². The number of urea groups is 1. The lowest BCUT2D eigenvalue weighted by Crippen LogP contribution is -2.47. The number of nitrogens with one attached hydrogen (secondary N) is 3. The fourth-order valence-corrected chi connectivity index (χ4v) is 3.53. The molecule has 6 heteroatoms. The Hall–Kier alpha value is -2.34. The number of aromatic nitrogens is 1. The van der Waals surface area contributed by atoms with Crippen LogP contribution in [0.3, 0.4) is 0 Å². The van der Waals surface area contributed by atoms with E-state index in [1.165, 1.54) is 6.07 Å². The minimum absolute atomic E-state index is 0.186. The molecule has 0 saturated heterocycles. The maximum Gasteiger partial charge on any atom is 0.315 e. The van der Waals surface area contributed by atoms with Crippen LogP contribution in [-0.4, -0.2) is 28.8 Å². The molecule has 0 spiro atoms. The molecule has 1 aliphatic carbocycles. The summed E-state index contributed by atoms with van der Waals surface area (Å²) < 4.78 is 0. The molecule has 4 N–H and O–H groups in total. The fourth-order valence-electron chi connectivity index (χ4n) is 3.53. The average molecular weight is 343 g/mol. The predicted molar refractivity (Wildman–Crippen MR) is 97.4 cm³/mol. The number of pyridine rings is 1. The Kier molecular flexibility index (Phi) is 5.08. The van der Waals surface area contributed by atoms with Crippen molar-refractivity contribution in [1.29, 1.82) is 0 Å². The first kappa shape index (κ1) is 17.5. The molecule has 1 aromatic carbocycles. The van der Waals surface area contributed by atoms with Crippen molar-refractivity contribution in [3.8, 4) is 0 Å². The number of aliphatic hydroxyl groups is 1. The lowest BCUT2D eigenvalue weighted by Gasteiger charge is -2.38. The van der Waals surface area contributed by atoms with Crippen molar-refractivity contribution in [3.63, 3.8) is 0 Å². The Morgan fingerprint density at radius 3 is 2.92 bits per heavy atom. The normalized spacial score (nSPS) is 23.4. The highest BCUT2D eigenvalue weighted by molar-refractivity contribution is 5.82. The minimum Gasteiger partial charge on any atom is -0.392 e. The van der Waals surface area contributed by atoms with Crippen molar-refractivity contribution in [2.24, 2.45) is 5.41 Å². The first-order valence-corrected chi connectivity index (χ1v) is 8.79. The van der Waals surface area contributed by atoms with Gasteiger partial charge in [0.1, 0.15) is 0 Å². The Balaban J connectivity index is 1.60. The molecule has 3 rings (SSSR count). The van der Waals surface area contributed by atoms with Crippen LogP contribution in [-0.2, 0) is 6.54 Å². The maximum atomic E-state index is 12.1. The molecule has 6 nitrogen and oxygen atoms in total. The van der Waals surface area contributed by atoms with E-state index >= 15 is 0 Å². The summed E-state index contributed by atoms with van der Waals surface area (Å²) in [5.74, 6) is 0. The molecule has 1 aromatic heterocycles. The lowest BCUT2D eigenvalue weighted by atomic mass is 9.73. The molecule has 1 saturated carbocycles. The van der Waals surface area contributed by atoms with E-state index in [9.17, 15) is 14.7 Å². The zero-order chi connectivity index (χ0) is 17.9. The Morgan fingerprint density at radius 1 is 1.32 bits per heavy atom. The van der Waals surface area contributed by atoms with Gasteiger partial charge in [0.2, 0.25) is 5.56 Å². The van der Waals surface area contributed by atoms with E-state index in [4.69, 9.17) is 0 Å². The predicted octanol–water partition coefficient (Wildman–Crippen LogP) is 2.27. The van der Waals surface area contributed by atoms with Crippen molar-refractivity contribution < 1.29 is 9.90 Å². The van der Waals surface area contributed by atoms with Crippen molar-refractivity contribution in [3.05, 3.63) is 46.2 Å². The molecule has 1 fully saturated rings. The molecule has 1 heterocycles. The quantitative estimate of drug-likeness (QED) is 0.686. The van der Waals surface area contributed by atoms with Gasteiger partial charge < -0.3 is 20.7 Å². The van der Waals surface area contributed by atoms with Gasteiger partial charge in [-0.1, -0.05) is 38.0 Å². The summed E-state index contributed by atoms with van der Waals surface area (Å²) >= 11 is 0. The summed E-state index contributed by atoms with van der Waals surface area (Å²) in [4.78, 5) is 26.7. The van der Waals surface area contributed by atoms with Gasteiger partial charge in [-0.2, -0.15) is 0 Å². The van der Waals surface area contributed by atoms with E-state index in [-0.39, 0.29) is 29.7 Å². The SMILES string of the molecule is CC1(CNC(=O)NCc2cc(=O)[nH]c3ccccc23)CCCCC1O. The van der Waals surface area contributed by atoms with Gasteiger partial charge in [0, 0.05) is 35.5 Å². The van der Waals surface area contributed by atoms with Gasteiger partial charge in [0.15, 0.2) is 0 Å². The van der Waals surface area contributed by atoms with Crippen LogP contribution >= 0.6 is 0 Å². The molecular formula is C19H25N3O3. The van der Waals surface area contributed by atoms with Gasteiger partial charge >= 0.3 is 6.03 Å². The minimum atomic E-state index is -0.377. The second kappa shape index (κ2) is 7.27. The van der Waals surface area contributed by atoms with Crippen LogP contribution in [0.25, 0.3) is 10.9 Å². The third-order valence-corrected chi connectivity index (χ3v) is 5.21. The van der Waals surface area contributed by atoms with Gasteiger partial charge in [-0.3, -0.25) is 4.79 Å². The number of aliphatic hydroxyl groups excluding tert-OH is 1. The summed E-state index contributed by atoms with van der Waals surface area (Å²) in [6.07, 6.45) is 3.44. The number of aromatic amines is 1. The zero-order valence-corrected chi connectivity index (χ0v) is 14.5. The third kappa shape index (κ3) is 4.02. The highest BCUT2D eigenvalue weighted by Gasteiger charge is 2.35. The molecule has 1 aliphatic rings. The van der Waals surface area contributed by atoms with Gasteiger partial charge in [0.25, 0.3) is 0 Å². The second-order valence-electron chi connectivity index (χ2n) is 7.16. The van der Waals surface area contributed by atoms with Gasteiger partial charge in [0.05, 0.1) is 6.10 Å². The molecule has 0 bridgehead atoms. The number of fused-ring (bicyclic) bond motifs is 1. The number of hydrogen-bond donors (Lipinski definition) is 4. The Labute approximate surface area is 146 Å². The molecular weight excluding hydrogens is 318 g/mol. The smallest absolute Gasteiger partial charge is 0.315 e. The monoisotopic (exact) mass is 343 g/mol. The summed E-state index contributed by atoms with van der Waals surface area (Å²) in [5.41, 5.74) is 1.07. The molecule has 2 unspecified atom stereocenters. The van der Waals surface area contributed by atoms with Crippen LogP contribution in [0, 0.1) is 5.41 Å². The number of amides is 2. The maximum absolute atomic E-state index is 12.1. The molecule has 25 heavy (non-hydrogen) atoms. The molecule has 2 amide bonds. The van der Waals surface area contributed by atoms with Crippen LogP contribution in [0.2, 0.25) is 0 Å². The van der Waals surface area contributed by atoms with Crippen LogP contribution < -0.4 is 16.2 Å². The number of carbonyl (C=O) groups is 1. The van der Waals surface area contributed by atoms with E-state index < -0.39 is 0 Å². The standard InChI is InChI=1S/C19H25N3O3/c1-19(9-5-4-8-16(19)23)12-21-18(25)20-11-13-10-17(24)22-15-7-3-2-6-14(13)15/h2-3,6-7,10,16,23H,4-5,8-9,11-12H2,1H3,(H,22,24)(H2,20,21,25). The topological polar surface area (TPSA) is 94.2 Å². The van der Waals surface area contributed by atoms with Crippen molar-refractivity contribution >= 4 is 16.9 Å². The van der Waals surface area contributed by atoms with Crippen LogP contribution in [0.1, 0.15) is 38.2 Å². The number of benzene rings is 1. The van der Waals surface area contributed by atoms with Gasteiger partial charge in [-0.25, -0.2) is 4.79 Å². The van der Waals surface area contributed by atoms with Crippen LogP contribution in [0.4, 0.5) is 4.79 Å². The van der Waals surface area contributed by atoms with E-state index in [0.717, 1.165) is 42.1 Å².